The van der Waals surface area contributed by atoms with Gasteiger partial charge in [-0.1, -0.05) is 30.3 Å². The van der Waals surface area contributed by atoms with Crippen LogP contribution in [0.4, 0.5) is 0 Å². The van der Waals surface area contributed by atoms with Crippen molar-refractivity contribution in [2.24, 2.45) is 0 Å². The molecule has 0 aliphatic carbocycles. The molecular formula is C21H23NO4. The van der Waals surface area contributed by atoms with E-state index in [1.807, 2.05) is 18.2 Å². The zero-order valence-corrected chi connectivity index (χ0v) is 14.9. The molecule has 2 aromatic rings. The van der Waals surface area contributed by atoms with Crippen molar-refractivity contribution in [2.75, 3.05) is 26.3 Å². The summed E-state index contributed by atoms with van der Waals surface area (Å²) < 4.78 is 11.4. The number of nitrogens with zero attached hydrogens (tertiary/aromatic N) is 1. The van der Waals surface area contributed by atoms with Crippen molar-refractivity contribution in [1.29, 1.82) is 0 Å². The van der Waals surface area contributed by atoms with Crippen molar-refractivity contribution in [3.8, 4) is 5.75 Å². The number of rotatable bonds is 6. The van der Waals surface area contributed by atoms with Gasteiger partial charge in [0.25, 0.3) is 5.91 Å². The molecule has 0 saturated carbocycles. The topological polar surface area (TPSA) is 55.8 Å². The van der Waals surface area contributed by atoms with Gasteiger partial charge in [0.15, 0.2) is 12.4 Å². The molecule has 1 heterocycles. The molecule has 0 radical (unpaired) electrons. The van der Waals surface area contributed by atoms with Crippen molar-refractivity contribution in [3.05, 3.63) is 65.7 Å². The van der Waals surface area contributed by atoms with Gasteiger partial charge in [-0.2, -0.15) is 0 Å². The van der Waals surface area contributed by atoms with Gasteiger partial charge in [0.1, 0.15) is 5.75 Å². The number of carbonyl (C=O) groups is 2. The van der Waals surface area contributed by atoms with Gasteiger partial charge < -0.3 is 14.4 Å². The van der Waals surface area contributed by atoms with E-state index in [2.05, 4.69) is 12.1 Å². The highest BCUT2D eigenvalue weighted by Crippen LogP contribution is 2.14. The summed E-state index contributed by atoms with van der Waals surface area (Å²) in [7, 11) is 0. The third-order valence-electron chi connectivity index (χ3n) is 4.42. The highest BCUT2D eigenvalue weighted by atomic mass is 16.5. The van der Waals surface area contributed by atoms with Crippen molar-refractivity contribution < 1.29 is 19.1 Å². The zero-order chi connectivity index (χ0) is 18.4. The average Bonchev–Trinajstić information content (AvgIpc) is 2.67. The molecule has 1 aliphatic heterocycles. The summed E-state index contributed by atoms with van der Waals surface area (Å²) in [6.45, 7) is 3.19. The predicted octanol–water partition coefficient (Wildman–Crippen LogP) is 2.74. The van der Waals surface area contributed by atoms with Crippen LogP contribution in [0, 0.1) is 0 Å². The van der Waals surface area contributed by atoms with Gasteiger partial charge in [-0.15, -0.1) is 0 Å². The highest BCUT2D eigenvalue weighted by molar-refractivity contribution is 5.94. The SMILES string of the molecule is CC(=O)c1ccc(OCC(=O)N2CCO[C@H](Cc3ccccc3)C2)cc1. The first-order chi connectivity index (χ1) is 12.6. The van der Waals surface area contributed by atoms with Gasteiger partial charge in [-0.25, -0.2) is 0 Å². The number of carbonyl (C=O) groups excluding carboxylic acids is 2. The Balaban J connectivity index is 1.50. The third-order valence-corrected chi connectivity index (χ3v) is 4.42. The van der Waals surface area contributed by atoms with Crippen molar-refractivity contribution in [2.45, 2.75) is 19.4 Å². The maximum absolute atomic E-state index is 12.4. The first-order valence-electron chi connectivity index (χ1n) is 8.79. The van der Waals surface area contributed by atoms with Crippen LogP contribution in [0.15, 0.2) is 54.6 Å². The Morgan fingerprint density at radius 2 is 1.85 bits per heavy atom. The van der Waals surface area contributed by atoms with Crippen LogP contribution in [0.1, 0.15) is 22.8 Å². The Morgan fingerprint density at radius 1 is 1.12 bits per heavy atom. The number of amides is 1. The van der Waals surface area contributed by atoms with E-state index in [9.17, 15) is 9.59 Å². The molecule has 3 rings (SSSR count). The van der Waals surface area contributed by atoms with Crippen molar-refractivity contribution in [3.63, 3.8) is 0 Å². The Labute approximate surface area is 153 Å². The Morgan fingerprint density at radius 3 is 2.54 bits per heavy atom. The lowest BCUT2D eigenvalue weighted by Gasteiger charge is -2.33. The number of hydrogen-bond acceptors (Lipinski definition) is 4. The van der Waals surface area contributed by atoms with Crippen LogP contribution in [-0.2, 0) is 16.0 Å². The number of Topliss-reactive ketones (excluding diaryl/α,β-unsaturated/α-hetero) is 1. The Bertz CT molecular complexity index is 742. The lowest BCUT2D eigenvalue weighted by Crippen LogP contribution is -2.47. The predicted molar refractivity (Wildman–Crippen MR) is 98.4 cm³/mol. The minimum absolute atomic E-state index is 0.00458. The summed E-state index contributed by atoms with van der Waals surface area (Å²) in [5.74, 6) is 0.532. The van der Waals surface area contributed by atoms with Crippen molar-refractivity contribution >= 4 is 11.7 Å². The number of ether oxygens (including phenoxy) is 2. The number of hydrogen-bond donors (Lipinski definition) is 0. The fourth-order valence-electron chi connectivity index (χ4n) is 2.97. The number of morpholine rings is 1. The summed E-state index contributed by atoms with van der Waals surface area (Å²) in [5.41, 5.74) is 1.83. The zero-order valence-electron chi connectivity index (χ0n) is 14.9. The Hall–Kier alpha value is -2.66. The van der Waals surface area contributed by atoms with E-state index < -0.39 is 0 Å². The molecule has 0 spiro atoms. The maximum Gasteiger partial charge on any atom is 0.260 e. The smallest absolute Gasteiger partial charge is 0.260 e. The molecule has 0 unspecified atom stereocenters. The van der Waals surface area contributed by atoms with E-state index in [-0.39, 0.29) is 24.4 Å². The van der Waals surface area contributed by atoms with Crippen LogP contribution in [0.25, 0.3) is 0 Å². The lowest BCUT2D eigenvalue weighted by molar-refractivity contribution is -0.140. The molecule has 26 heavy (non-hydrogen) atoms. The first kappa shape index (κ1) is 18.1. The summed E-state index contributed by atoms with van der Waals surface area (Å²) in [5, 5.41) is 0. The van der Waals surface area contributed by atoms with E-state index >= 15 is 0 Å². The van der Waals surface area contributed by atoms with E-state index in [1.165, 1.54) is 12.5 Å². The minimum Gasteiger partial charge on any atom is -0.484 e. The van der Waals surface area contributed by atoms with Gasteiger partial charge in [0, 0.05) is 25.1 Å². The minimum atomic E-state index is -0.0537. The van der Waals surface area contributed by atoms with Crippen LogP contribution in [0.3, 0.4) is 0 Å². The number of benzene rings is 2. The van der Waals surface area contributed by atoms with Crippen LogP contribution in [0.5, 0.6) is 5.75 Å². The monoisotopic (exact) mass is 353 g/mol. The molecule has 0 aromatic heterocycles. The standard InChI is InChI=1S/C21H23NO4/c1-16(23)18-7-9-19(10-8-18)26-15-21(24)22-11-12-25-20(14-22)13-17-5-3-2-4-6-17/h2-10,20H,11-15H2,1H3/t20-/m1/s1. The molecule has 136 valence electrons. The molecule has 5 heteroatoms. The molecule has 1 atom stereocenters. The van der Waals surface area contributed by atoms with Crippen LogP contribution in [0.2, 0.25) is 0 Å². The van der Waals surface area contributed by atoms with Crippen LogP contribution < -0.4 is 4.74 Å². The summed E-state index contributed by atoms with van der Waals surface area (Å²) in [4.78, 5) is 25.5. The molecule has 1 aliphatic rings. The van der Waals surface area contributed by atoms with Gasteiger partial charge in [0.2, 0.25) is 0 Å². The summed E-state index contributed by atoms with van der Waals surface area (Å²) in [6.07, 6.45) is 0.794. The fourth-order valence-corrected chi connectivity index (χ4v) is 2.97. The van der Waals surface area contributed by atoms with Gasteiger partial charge in [0.05, 0.1) is 12.7 Å². The molecule has 0 bridgehead atoms. The Kier molecular flexibility index (Phi) is 6.02. The molecule has 5 nitrogen and oxygen atoms in total. The average molecular weight is 353 g/mol. The fraction of sp³-hybridized carbons (Fsp3) is 0.333. The van der Waals surface area contributed by atoms with E-state index in [0.29, 0.717) is 31.0 Å². The van der Waals surface area contributed by atoms with Crippen LogP contribution in [-0.4, -0.2) is 49.0 Å². The summed E-state index contributed by atoms with van der Waals surface area (Å²) in [6, 6.07) is 17.0. The largest absolute Gasteiger partial charge is 0.484 e. The summed E-state index contributed by atoms with van der Waals surface area (Å²) >= 11 is 0. The molecule has 2 aromatic carbocycles. The maximum atomic E-state index is 12.4. The second kappa shape index (κ2) is 8.63. The molecular weight excluding hydrogens is 330 g/mol. The van der Waals surface area contributed by atoms with E-state index in [4.69, 9.17) is 9.47 Å². The second-order valence-electron chi connectivity index (χ2n) is 6.39. The van der Waals surface area contributed by atoms with Crippen molar-refractivity contribution in [1.82, 2.24) is 4.90 Å². The molecule has 1 fully saturated rings. The highest BCUT2D eigenvalue weighted by Gasteiger charge is 2.24. The van der Waals surface area contributed by atoms with E-state index in [0.717, 1.165) is 6.42 Å². The van der Waals surface area contributed by atoms with Crippen LogP contribution >= 0.6 is 0 Å². The molecule has 1 amide bonds. The third kappa shape index (κ3) is 4.92. The van der Waals surface area contributed by atoms with Gasteiger partial charge >= 0.3 is 0 Å². The van der Waals surface area contributed by atoms with Gasteiger partial charge in [-0.3, -0.25) is 9.59 Å². The lowest BCUT2D eigenvalue weighted by atomic mass is 10.1. The normalized spacial score (nSPS) is 17.0. The second-order valence-corrected chi connectivity index (χ2v) is 6.39. The number of ketones is 1. The first-order valence-corrected chi connectivity index (χ1v) is 8.79. The van der Waals surface area contributed by atoms with E-state index in [1.54, 1.807) is 29.2 Å². The molecule has 1 saturated heterocycles. The van der Waals surface area contributed by atoms with Gasteiger partial charge in [-0.05, 0) is 36.8 Å². The quantitative estimate of drug-likeness (QED) is 0.750. The molecule has 0 N–H and O–H groups in total.